The summed E-state index contributed by atoms with van der Waals surface area (Å²) < 4.78 is 5.27. The summed E-state index contributed by atoms with van der Waals surface area (Å²) in [6, 6.07) is 1.22. The van der Waals surface area contributed by atoms with Gasteiger partial charge in [0.1, 0.15) is 11.4 Å². The standard InChI is InChI=1S/C16H22N4O5.Li/c1-16(2,3)24-15(23)13-10(14(17)18)4-8(7-19-13)11-5-9(25-20-11)6-12(21)22;/h4,7,9,11,20H,5-6H2,1-3H3,(H3,17,18)(H,21,22);/q;+1/p-1. The second kappa shape index (κ2) is 8.64. The maximum Gasteiger partial charge on any atom is 1.00 e. The van der Waals surface area contributed by atoms with Crippen molar-refractivity contribution in [3.05, 3.63) is 29.1 Å². The van der Waals surface area contributed by atoms with Crippen molar-refractivity contribution in [2.75, 3.05) is 0 Å². The van der Waals surface area contributed by atoms with Crippen molar-refractivity contribution in [1.82, 2.24) is 10.5 Å². The molecule has 1 aromatic heterocycles. The van der Waals surface area contributed by atoms with E-state index < -0.39 is 23.6 Å². The van der Waals surface area contributed by atoms with Gasteiger partial charge in [-0.2, -0.15) is 5.48 Å². The van der Waals surface area contributed by atoms with E-state index in [-0.39, 0.29) is 48.4 Å². The van der Waals surface area contributed by atoms with Crippen molar-refractivity contribution in [1.29, 1.82) is 5.41 Å². The number of esters is 1. The zero-order valence-electron chi connectivity index (χ0n) is 15.3. The van der Waals surface area contributed by atoms with E-state index in [1.54, 1.807) is 26.8 Å². The number of amidine groups is 1. The van der Waals surface area contributed by atoms with E-state index in [1.807, 2.05) is 0 Å². The largest absolute Gasteiger partial charge is 1.00 e. The summed E-state index contributed by atoms with van der Waals surface area (Å²) in [6.45, 7) is 5.18. The van der Waals surface area contributed by atoms with Crippen LogP contribution < -0.4 is 35.2 Å². The van der Waals surface area contributed by atoms with Gasteiger partial charge in [-0.3, -0.25) is 10.2 Å². The van der Waals surface area contributed by atoms with Gasteiger partial charge in [-0.25, -0.2) is 9.78 Å². The number of nitrogen functional groups attached to an aromatic ring is 1. The Kier molecular flexibility index (Phi) is 7.35. The molecule has 26 heavy (non-hydrogen) atoms. The second-order valence-electron chi connectivity index (χ2n) is 6.80. The minimum Gasteiger partial charge on any atom is -0.550 e. The molecule has 0 spiro atoms. The Hall–Kier alpha value is -1.92. The molecule has 0 aliphatic carbocycles. The number of rotatable bonds is 5. The molecule has 0 radical (unpaired) electrons. The molecule has 10 heteroatoms. The molecule has 2 heterocycles. The number of hydrogen-bond donors (Lipinski definition) is 3. The zero-order chi connectivity index (χ0) is 18.8. The molecule has 9 nitrogen and oxygen atoms in total. The number of ether oxygens (including phenoxy) is 1. The van der Waals surface area contributed by atoms with E-state index in [4.69, 9.17) is 20.7 Å². The van der Waals surface area contributed by atoms with E-state index in [2.05, 4.69) is 10.5 Å². The van der Waals surface area contributed by atoms with Crippen LogP contribution >= 0.6 is 0 Å². The van der Waals surface area contributed by atoms with Crippen LogP contribution in [0.15, 0.2) is 12.3 Å². The fourth-order valence-corrected chi connectivity index (χ4v) is 2.42. The number of hydroxylamine groups is 1. The van der Waals surface area contributed by atoms with Crippen molar-refractivity contribution in [3.63, 3.8) is 0 Å². The smallest absolute Gasteiger partial charge is 0.550 e. The van der Waals surface area contributed by atoms with Crippen LogP contribution in [0.1, 0.15) is 61.3 Å². The molecule has 136 valence electrons. The van der Waals surface area contributed by atoms with Gasteiger partial charge in [0.2, 0.25) is 0 Å². The number of carboxylic acids is 1. The minimum absolute atomic E-state index is 0. The molecule has 4 N–H and O–H groups in total. The Labute approximate surface area is 163 Å². The Balaban J connectivity index is 0.00000338. The molecular formula is C16H21LiN4O5. The topological polar surface area (TPSA) is 150 Å². The number of hydrogen-bond acceptors (Lipinski definition) is 8. The molecule has 0 aromatic carbocycles. The summed E-state index contributed by atoms with van der Waals surface area (Å²) in [5, 5.41) is 18.3. The Morgan fingerprint density at radius 3 is 2.69 bits per heavy atom. The maximum atomic E-state index is 12.2. The van der Waals surface area contributed by atoms with Crippen molar-refractivity contribution in [3.8, 4) is 0 Å². The summed E-state index contributed by atoms with van der Waals surface area (Å²) >= 11 is 0. The van der Waals surface area contributed by atoms with Crippen molar-refractivity contribution >= 4 is 17.8 Å². The van der Waals surface area contributed by atoms with Gasteiger partial charge in [0.15, 0.2) is 5.69 Å². The molecule has 0 amide bonds. The first-order chi connectivity index (χ1) is 11.6. The third-order valence-corrected chi connectivity index (χ3v) is 3.46. The number of nitrogens with one attached hydrogen (secondary N) is 2. The number of aromatic nitrogens is 1. The van der Waals surface area contributed by atoms with Gasteiger partial charge in [-0.05, 0) is 38.8 Å². The van der Waals surface area contributed by atoms with Gasteiger partial charge < -0.3 is 20.4 Å². The summed E-state index contributed by atoms with van der Waals surface area (Å²) in [4.78, 5) is 32.2. The first-order valence-electron chi connectivity index (χ1n) is 7.75. The second-order valence-corrected chi connectivity index (χ2v) is 6.80. The van der Waals surface area contributed by atoms with Crippen LogP contribution in [0.25, 0.3) is 0 Å². The Morgan fingerprint density at radius 1 is 1.50 bits per heavy atom. The summed E-state index contributed by atoms with van der Waals surface area (Å²) in [7, 11) is 0. The summed E-state index contributed by atoms with van der Waals surface area (Å²) in [6.07, 6.45) is 1.08. The fraction of sp³-hybridized carbons (Fsp3) is 0.500. The third-order valence-electron chi connectivity index (χ3n) is 3.46. The van der Waals surface area contributed by atoms with Crippen LogP contribution in [-0.2, 0) is 14.4 Å². The van der Waals surface area contributed by atoms with E-state index in [0.717, 1.165) is 0 Å². The van der Waals surface area contributed by atoms with Gasteiger partial charge in [-0.1, -0.05) is 0 Å². The van der Waals surface area contributed by atoms with Crippen LogP contribution in [0.4, 0.5) is 0 Å². The first kappa shape index (κ1) is 22.1. The molecule has 1 fully saturated rings. The average molecular weight is 356 g/mol. The van der Waals surface area contributed by atoms with Crippen LogP contribution in [-0.4, -0.2) is 34.5 Å². The molecule has 2 unspecified atom stereocenters. The first-order valence-corrected chi connectivity index (χ1v) is 7.75. The summed E-state index contributed by atoms with van der Waals surface area (Å²) in [5.41, 5.74) is 8.32. The zero-order valence-corrected chi connectivity index (χ0v) is 15.3. The molecular weight excluding hydrogens is 335 g/mol. The van der Waals surface area contributed by atoms with Crippen molar-refractivity contribution in [2.24, 2.45) is 5.73 Å². The van der Waals surface area contributed by atoms with Crippen molar-refractivity contribution in [2.45, 2.75) is 51.4 Å². The van der Waals surface area contributed by atoms with Crippen LogP contribution in [0.2, 0.25) is 0 Å². The van der Waals surface area contributed by atoms with Crippen LogP contribution in [0.3, 0.4) is 0 Å². The van der Waals surface area contributed by atoms with Gasteiger partial charge in [0.05, 0.1) is 12.1 Å². The average Bonchev–Trinajstić information content (AvgIpc) is 2.92. The van der Waals surface area contributed by atoms with Gasteiger partial charge in [0.25, 0.3) is 0 Å². The summed E-state index contributed by atoms with van der Waals surface area (Å²) in [5.74, 6) is -2.19. The molecule has 1 saturated heterocycles. The molecule has 2 rings (SSSR count). The SMILES string of the molecule is CC(C)(C)OC(=O)c1ncc(C2CC(CC(=O)[O-])ON2)cc1C(=N)N.[Li+]. The minimum atomic E-state index is -1.20. The quantitative estimate of drug-likeness (QED) is 0.216. The molecule has 0 saturated carbocycles. The van der Waals surface area contributed by atoms with Crippen LogP contribution in [0.5, 0.6) is 0 Å². The van der Waals surface area contributed by atoms with E-state index >= 15 is 0 Å². The van der Waals surface area contributed by atoms with E-state index in [1.165, 1.54) is 6.20 Å². The number of nitrogens with zero attached hydrogens (tertiary/aromatic N) is 1. The molecule has 1 aliphatic rings. The van der Waals surface area contributed by atoms with Gasteiger partial charge in [0, 0.05) is 24.2 Å². The van der Waals surface area contributed by atoms with Gasteiger partial charge >= 0.3 is 24.8 Å². The van der Waals surface area contributed by atoms with Gasteiger partial charge in [-0.15, -0.1) is 0 Å². The number of carbonyl (C=O) groups excluding carboxylic acids is 2. The molecule has 2 atom stereocenters. The van der Waals surface area contributed by atoms with Crippen LogP contribution in [0, 0.1) is 5.41 Å². The molecule has 0 bridgehead atoms. The number of pyridine rings is 1. The number of carboxylic acid groups (broad SMARTS) is 1. The third kappa shape index (κ3) is 5.81. The van der Waals surface area contributed by atoms with E-state index in [9.17, 15) is 14.7 Å². The normalized spacial score (nSPS) is 19.5. The monoisotopic (exact) mass is 356 g/mol. The number of aliphatic carboxylic acids is 1. The predicted octanol–water partition coefficient (Wildman–Crippen LogP) is -3.20. The Bertz CT molecular complexity index is 704. The fourth-order valence-electron chi connectivity index (χ4n) is 2.42. The van der Waals surface area contributed by atoms with Crippen molar-refractivity contribution < 1.29 is 43.1 Å². The molecule has 1 aliphatic heterocycles. The van der Waals surface area contributed by atoms with E-state index in [0.29, 0.717) is 12.0 Å². The maximum absolute atomic E-state index is 12.2. The Morgan fingerprint density at radius 2 is 2.15 bits per heavy atom. The number of nitrogens with two attached hydrogens (primary N) is 1. The number of carbonyl (C=O) groups is 2. The predicted molar refractivity (Wildman–Crippen MR) is 85.4 cm³/mol. The molecule has 1 aromatic rings.